The van der Waals surface area contributed by atoms with Crippen LogP contribution in [0.25, 0.3) is 0 Å². The number of pyridine rings is 1. The van der Waals surface area contributed by atoms with Crippen LogP contribution in [0, 0.1) is 0 Å². The number of hydrogen-bond donors (Lipinski definition) is 2. The summed E-state index contributed by atoms with van der Waals surface area (Å²) in [6.07, 6.45) is -2.41. The molecule has 4 rings (SSSR count). The molecule has 0 aliphatic heterocycles. The van der Waals surface area contributed by atoms with Crippen molar-refractivity contribution in [3.8, 4) is 11.5 Å². The lowest BCUT2D eigenvalue weighted by Crippen LogP contribution is -2.22. The molecule has 2 N–H and O–H groups in total. The molecule has 0 fully saturated rings. The molecule has 33 heavy (non-hydrogen) atoms. The quantitative estimate of drug-likeness (QED) is 0.508. The lowest BCUT2D eigenvalue weighted by atomic mass is 10.2. The van der Waals surface area contributed by atoms with Crippen LogP contribution in [0.1, 0.15) is 16.8 Å². The maximum atomic E-state index is 13.0. The van der Waals surface area contributed by atoms with Gasteiger partial charge in [0.1, 0.15) is 17.3 Å². The molecule has 0 saturated heterocycles. The van der Waals surface area contributed by atoms with Gasteiger partial charge in [-0.15, -0.1) is 0 Å². The zero-order valence-electron chi connectivity index (χ0n) is 17.0. The third-order valence-corrected chi connectivity index (χ3v) is 5.26. The smallest absolute Gasteiger partial charge is 0.417 e. The van der Waals surface area contributed by atoms with Gasteiger partial charge in [0.15, 0.2) is 0 Å². The Balaban J connectivity index is 1.34. The molecule has 1 aliphatic rings. The molecule has 3 aromatic rings. The van der Waals surface area contributed by atoms with Crippen molar-refractivity contribution >= 4 is 34.7 Å². The van der Waals surface area contributed by atoms with Gasteiger partial charge in [-0.25, -0.2) is 0 Å². The number of carbonyl (C=O) groups is 2. The number of alkyl halides is 3. The van der Waals surface area contributed by atoms with Crippen molar-refractivity contribution in [2.75, 3.05) is 17.2 Å². The molecule has 0 saturated carbocycles. The number of Topliss-reactive ketones (excluding diaryl/α,β-unsaturated/α-hetero) is 1. The Morgan fingerprint density at radius 1 is 1.06 bits per heavy atom. The number of carbonyl (C=O) groups excluding carboxylic acids is 2. The third-order valence-electron chi connectivity index (χ3n) is 4.93. The highest BCUT2D eigenvalue weighted by molar-refractivity contribution is 6.31. The number of halogens is 4. The highest BCUT2D eigenvalue weighted by atomic mass is 35.5. The van der Waals surface area contributed by atoms with Gasteiger partial charge in [-0.3, -0.25) is 14.6 Å². The maximum absolute atomic E-state index is 13.0. The summed E-state index contributed by atoms with van der Waals surface area (Å²) in [5.74, 6) is 0.688. The van der Waals surface area contributed by atoms with Gasteiger partial charge in [-0.2, -0.15) is 13.2 Å². The number of fused-ring (bicyclic) bond motifs is 1. The fraction of sp³-hybridized carbons (Fsp3) is 0.174. The second-order valence-corrected chi connectivity index (χ2v) is 7.75. The van der Waals surface area contributed by atoms with E-state index in [2.05, 4.69) is 15.6 Å². The van der Waals surface area contributed by atoms with Crippen LogP contribution in [-0.2, 0) is 28.6 Å². The second-order valence-electron chi connectivity index (χ2n) is 7.35. The topological polar surface area (TPSA) is 80.3 Å². The Morgan fingerprint density at radius 3 is 2.52 bits per heavy atom. The molecular weight excluding hydrogens is 459 g/mol. The Morgan fingerprint density at radius 2 is 1.79 bits per heavy atom. The number of aromatic nitrogens is 1. The van der Waals surface area contributed by atoms with Crippen molar-refractivity contribution in [3.05, 3.63) is 76.6 Å². The predicted octanol–water partition coefficient (Wildman–Crippen LogP) is 5.26. The van der Waals surface area contributed by atoms with Gasteiger partial charge in [0.05, 0.1) is 22.8 Å². The van der Waals surface area contributed by atoms with Gasteiger partial charge in [0.2, 0.25) is 5.91 Å². The van der Waals surface area contributed by atoms with Crippen LogP contribution in [0.15, 0.2) is 54.7 Å². The molecule has 1 heterocycles. The van der Waals surface area contributed by atoms with E-state index in [1.54, 1.807) is 36.5 Å². The summed E-state index contributed by atoms with van der Waals surface area (Å²) in [7, 11) is 0. The zero-order valence-corrected chi connectivity index (χ0v) is 17.8. The maximum Gasteiger partial charge on any atom is 0.417 e. The van der Waals surface area contributed by atoms with Crippen molar-refractivity contribution in [3.63, 3.8) is 0 Å². The summed E-state index contributed by atoms with van der Waals surface area (Å²) in [5, 5.41) is 4.85. The first-order valence-electron chi connectivity index (χ1n) is 9.86. The fourth-order valence-electron chi connectivity index (χ4n) is 3.37. The van der Waals surface area contributed by atoms with Gasteiger partial charge >= 0.3 is 6.18 Å². The molecule has 2 aromatic carbocycles. The Labute approximate surface area is 191 Å². The first-order chi connectivity index (χ1) is 15.7. The Hall–Kier alpha value is -3.59. The summed E-state index contributed by atoms with van der Waals surface area (Å²) < 4.78 is 44.7. The monoisotopic (exact) mass is 475 g/mol. The SMILES string of the molecule is O=C1Cc2nccc(Oc3ccc(NCC(=O)Nc4ccc(Cl)c(C(F)(F)F)c4)cc3)c2C1. The predicted molar refractivity (Wildman–Crippen MR) is 117 cm³/mol. The van der Waals surface area contributed by atoms with Gasteiger partial charge in [-0.1, -0.05) is 11.6 Å². The van der Waals surface area contributed by atoms with E-state index in [9.17, 15) is 22.8 Å². The van der Waals surface area contributed by atoms with Crippen molar-refractivity contribution in [2.24, 2.45) is 0 Å². The van der Waals surface area contributed by atoms with Crippen LogP contribution >= 0.6 is 11.6 Å². The number of nitrogens with one attached hydrogen (secondary N) is 2. The van der Waals surface area contributed by atoms with Crippen molar-refractivity contribution < 1.29 is 27.5 Å². The van der Waals surface area contributed by atoms with E-state index >= 15 is 0 Å². The molecule has 6 nitrogen and oxygen atoms in total. The summed E-state index contributed by atoms with van der Waals surface area (Å²) in [5.41, 5.74) is 1.10. The Bertz CT molecular complexity index is 1210. The van der Waals surface area contributed by atoms with Crippen LogP contribution in [0.4, 0.5) is 24.5 Å². The number of rotatable bonds is 6. The standard InChI is InChI=1S/C23H17ClF3N3O3/c24-19-6-3-14(9-18(19)23(25,26)27)30-22(32)12-29-13-1-4-16(5-2-13)33-21-7-8-28-20-11-15(31)10-17(20)21/h1-9,29H,10-12H2,(H,30,32). The second kappa shape index (κ2) is 9.11. The fourth-order valence-corrected chi connectivity index (χ4v) is 3.60. The molecule has 0 unspecified atom stereocenters. The van der Waals surface area contributed by atoms with E-state index < -0.39 is 22.7 Å². The molecular formula is C23H17ClF3N3O3. The molecule has 0 bridgehead atoms. The number of benzene rings is 2. The van der Waals surface area contributed by atoms with Crippen LogP contribution in [0.5, 0.6) is 11.5 Å². The largest absolute Gasteiger partial charge is 0.457 e. The van der Waals surface area contributed by atoms with Gasteiger partial charge in [0, 0.05) is 36.0 Å². The summed E-state index contributed by atoms with van der Waals surface area (Å²) in [6.45, 7) is -0.163. The summed E-state index contributed by atoms with van der Waals surface area (Å²) in [6, 6.07) is 11.6. The molecule has 10 heteroatoms. The number of nitrogens with zero attached hydrogens (tertiary/aromatic N) is 1. The minimum absolute atomic E-state index is 0.00867. The van der Waals surface area contributed by atoms with Crippen molar-refractivity contribution in [1.29, 1.82) is 0 Å². The minimum atomic E-state index is -4.62. The number of hydrogen-bond acceptors (Lipinski definition) is 5. The first kappa shape index (κ1) is 22.6. The molecule has 0 spiro atoms. The van der Waals surface area contributed by atoms with Crippen molar-refractivity contribution in [1.82, 2.24) is 4.98 Å². The molecule has 1 aliphatic carbocycles. The third kappa shape index (κ3) is 5.43. The van der Waals surface area contributed by atoms with Crippen LogP contribution in [0.3, 0.4) is 0 Å². The lowest BCUT2D eigenvalue weighted by molar-refractivity contribution is -0.137. The van der Waals surface area contributed by atoms with E-state index in [-0.39, 0.29) is 18.0 Å². The van der Waals surface area contributed by atoms with Gasteiger partial charge in [0.25, 0.3) is 0 Å². The number of ether oxygens (including phenoxy) is 1. The molecule has 170 valence electrons. The highest BCUT2D eigenvalue weighted by Gasteiger charge is 2.33. The average Bonchev–Trinajstić information content (AvgIpc) is 3.15. The van der Waals surface area contributed by atoms with Gasteiger partial charge in [-0.05, 0) is 48.5 Å². The summed E-state index contributed by atoms with van der Waals surface area (Å²) >= 11 is 5.58. The zero-order chi connectivity index (χ0) is 23.6. The van der Waals surface area contributed by atoms with E-state index in [4.69, 9.17) is 16.3 Å². The highest BCUT2D eigenvalue weighted by Crippen LogP contribution is 2.36. The van der Waals surface area contributed by atoms with E-state index in [0.717, 1.165) is 23.4 Å². The molecule has 1 aromatic heterocycles. The molecule has 1 amide bonds. The van der Waals surface area contributed by atoms with E-state index in [1.807, 2.05) is 0 Å². The van der Waals surface area contributed by atoms with Crippen molar-refractivity contribution in [2.45, 2.75) is 19.0 Å². The van der Waals surface area contributed by atoms with E-state index in [0.29, 0.717) is 30.0 Å². The van der Waals surface area contributed by atoms with Gasteiger partial charge < -0.3 is 15.4 Å². The molecule has 0 atom stereocenters. The first-order valence-corrected chi connectivity index (χ1v) is 10.2. The molecule has 0 radical (unpaired) electrons. The average molecular weight is 476 g/mol. The van der Waals surface area contributed by atoms with E-state index in [1.165, 1.54) is 6.07 Å². The number of ketones is 1. The van der Waals surface area contributed by atoms with Crippen LogP contribution in [-0.4, -0.2) is 23.2 Å². The van der Waals surface area contributed by atoms with Crippen LogP contribution < -0.4 is 15.4 Å². The minimum Gasteiger partial charge on any atom is -0.457 e. The lowest BCUT2D eigenvalue weighted by Gasteiger charge is -2.13. The normalized spacial score (nSPS) is 12.9. The van der Waals surface area contributed by atoms with Crippen LogP contribution in [0.2, 0.25) is 5.02 Å². The summed E-state index contributed by atoms with van der Waals surface area (Å²) in [4.78, 5) is 28.0. The number of anilines is 2. The Kier molecular flexibility index (Phi) is 6.24. The number of amides is 1.